The summed E-state index contributed by atoms with van der Waals surface area (Å²) in [5.74, 6) is 1.65. The van der Waals surface area contributed by atoms with Gasteiger partial charge in [0.15, 0.2) is 0 Å². The molecule has 2 aromatic rings. The Kier molecular flexibility index (Phi) is 3.14. The van der Waals surface area contributed by atoms with Gasteiger partial charge in [0.25, 0.3) is 0 Å². The van der Waals surface area contributed by atoms with Gasteiger partial charge in [-0.3, -0.25) is 0 Å². The van der Waals surface area contributed by atoms with Crippen LogP contribution in [-0.2, 0) is 6.42 Å². The third kappa shape index (κ3) is 2.19. The van der Waals surface area contributed by atoms with Gasteiger partial charge in [-0.25, -0.2) is 0 Å². The lowest BCUT2D eigenvalue weighted by atomic mass is 9.99. The van der Waals surface area contributed by atoms with Gasteiger partial charge in [0, 0.05) is 5.39 Å². The van der Waals surface area contributed by atoms with Gasteiger partial charge in [0.2, 0.25) is 0 Å². The topological polar surface area (TPSA) is 9.23 Å². The zero-order chi connectivity index (χ0) is 11.5. The van der Waals surface area contributed by atoms with Crippen LogP contribution in [0.3, 0.4) is 0 Å². The highest BCUT2D eigenvalue weighted by atomic mass is 16.5. The van der Waals surface area contributed by atoms with E-state index in [0.717, 1.165) is 12.2 Å². The third-order valence-corrected chi connectivity index (χ3v) is 2.75. The molecule has 0 saturated heterocycles. The lowest BCUT2D eigenvalue weighted by molar-refractivity contribution is 0.419. The summed E-state index contributed by atoms with van der Waals surface area (Å²) in [6.07, 6.45) is 1.10. The SMILES string of the molecule is COc1cc(CC(C)C)cc2ccccc12. The van der Waals surface area contributed by atoms with Crippen molar-refractivity contribution < 1.29 is 4.74 Å². The Balaban J connectivity index is 2.54. The predicted molar refractivity (Wildman–Crippen MR) is 69.0 cm³/mol. The summed E-state index contributed by atoms with van der Waals surface area (Å²) >= 11 is 0. The van der Waals surface area contributed by atoms with Crippen LogP contribution < -0.4 is 4.74 Å². The molecular weight excluding hydrogens is 196 g/mol. The minimum atomic E-state index is 0.672. The first-order valence-corrected chi connectivity index (χ1v) is 5.76. The second kappa shape index (κ2) is 4.56. The van der Waals surface area contributed by atoms with Crippen LogP contribution in [0.1, 0.15) is 19.4 Å². The fourth-order valence-corrected chi connectivity index (χ4v) is 2.09. The molecule has 0 aliphatic carbocycles. The Morgan fingerprint density at radius 2 is 1.88 bits per heavy atom. The van der Waals surface area contributed by atoms with Crippen LogP contribution in [0, 0.1) is 5.92 Å². The second-order valence-corrected chi connectivity index (χ2v) is 4.62. The van der Waals surface area contributed by atoms with Crippen molar-refractivity contribution in [3.8, 4) is 5.75 Å². The molecule has 0 atom stereocenters. The first-order valence-electron chi connectivity index (χ1n) is 5.76. The van der Waals surface area contributed by atoms with Gasteiger partial charge in [-0.15, -0.1) is 0 Å². The van der Waals surface area contributed by atoms with E-state index in [1.54, 1.807) is 7.11 Å². The van der Waals surface area contributed by atoms with E-state index in [9.17, 15) is 0 Å². The van der Waals surface area contributed by atoms with Crippen LogP contribution in [0.15, 0.2) is 36.4 Å². The molecule has 1 nitrogen and oxygen atoms in total. The maximum Gasteiger partial charge on any atom is 0.126 e. The first kappa shape index (κ1) is 11.0. The summed E-state index contributed by atoms with van der Waals surface area (Å²) in [7, 11) is 1.74. The van der Waals surface area contributed by atoms with Crippen molar-refractivity contribution in [2.75, 3.05) is 7.11 Å². The summed E-state index contributed by atoms with van der Waals surface area (Å²) in [5.41, 5.74) is 1.35. The van der Waals surface area contributed by atoms with E-state index >= 15 is 0 Å². The van der Waals surface area contributed by atoms with Gasteiger partial charge in [-0.1, -0.05) is 44.2 Å². The lowest BCUT2D eigenvalue weighted by Crippen LogP contribution is -1.95. The number of hydrogen-bond donors (Lipinski definition) is 0. The van der Waals surface area contributed by atoms with Crippen LogP contribution >= 0.6 is 0 Å². The molecule has 0 radical (unpaired) electrons. The highest BCUT2D eigenvalue weighted by molar-refractivity contribution is 5.89. The standard InChI is InChI=1S/C15H18O/c1-11(2)8-12-9-13-6-4-5-7-14(13)15(10-12)16-3/h4-7,9-11H,8H2,1-3H3. The first-order chi connectivity index (χ1) is 7.70. The molecule has 0 heterocycles. The van der Waals surface area contributed by atoms with Gasteiger partial charge in [-0.2, -0.15) is 0 Å². The zero-order valence-corrected chi connectivity index (χ0v) is 10.2. The minimum Gasteiger partial charge on any atom is -0.496 e. The molecule has 0 spiro atoms. The smallest absolute Gasteiger partial charge is 0.126 e. The fraction of sp³-hybridized carbons (Fsp3) is 0.333. The van der Waals surface area contributed by atoms with Crippen molar-refractivity contribution in [1.29, 1.82) is 0 Å². The molecule has 0 bridgehead atoms. The molecule has 16 heavy (non-hydrogen) atoms. The van der Waals surface area contributed by atoms with Crippen LogP contribution in [0.25, 0.3) is 10.8 Å². The molecule has 2 aromatic carbocycles. The number of fused-ring (bicyclic) bond motifs is 1. The Bertz CT molecular complexity index is 486. The average Bonchev–Trinajstić information content (AvgIpc) is 2.27. The second-order valence-electron chi connectivity index (χ2n) is 4.62. The largest absolute Gasteiger partial charge is 0.496 e. The van der Waals surface area contributed by atoms with E-state index in [2.05, 4.69) is 44.2 Å². The Morgan fingerprint density at radius 3 is 2.56 bits per heavy atom. The third-order valence-electron chi connectivity index (χ3n) is 2.75. The number of hydrogen-bond acceptors (Lipinski definition) is 1. The van der Waals surface area contributed by atoms with Crippen molar-refractivity contribution in [3.63, 3.8) is 0 Å². The van der Waals surface area contributed by atoms with Gasteiger partial charge in [0.05, 0.1) is 7.11 Å². The molecule has 0 aliphatic rings. The summed E-state index contributed by atoms with van der Waals surface area (Å²) in [6.45, 7) is 4.48. The Morgan fingerprint density at radius 1 is 1.12 bits per heavy atom. The van der Waals surface area contributed by atoms with Crippen molar-refractivity contribution in [2.24, 2.45) is 5.92 Å². The van der Waals surface area contributed by atoms with Crippen LogP contribution in [0.2, 0.25) is 0 Å². The highest BCUT2D eigenvalue weighted by Crippen LogP contribution is 2.28. The normalized spacial score (nSPS) is 11.0. The van der Waals surface area contributed by atoms with Crippen molar-refractivity contribution in [3.05, 3.63) is 42.0 Å². The predicted octanol–water partition coefficient (Wildman–Crippen LogP) is 4.05. The molecule has 84 valence electrons. The average molecular weight is 214 g/mol. The minimum absolute atomic E-state index is 0.672. The van der Waals surface area contributed by atoms with E-state index in [-0.39, 0.29) is 0 Å². The van der Waals surface area contributed by atoms with Crippen LogP contribution in [-0.4, -0.2) is 7.11 Å². The van der Waals surface area contributed by atoms with E-state index in [4.69, 9.17) is 4.74 Å². The van der Waals surface area contributed by atoms with E-state index in [1.807, 2.05) is 6.07 Å². The molecule has 1 heteroatoms. The maximum absolute atomic E-state index is 5.45. The maximum atomic E-state index is 5.45. The van der Waals surface area contributed by atoms with Gasteiger partial charge >= 0.3 is 0 Å². The summed E-state index contributed by atoms with van der Waals surface area (Å²) in [5, 5.41) is 2.45. The zero-order valence-electron chi connectivity index (χ0n) is 10.2. The fourth-order valence-electron chi connectivity index (χ4n) is 2.09. The molecule has 2 rings (SSSR count). The van der Waals surface area contributed by atoms with Crippen LogP contribution in [0.4, 0.5) is 0 Å². The van der Waals surface area contributed by atoms with Crippen molar-refractivity contribution >= 4 is 10.8 Å². The highest BCUT2D eigenvalue weighted by Gasteiger charge is 2.05. The molecular formula is C15H18O. The number of rotatable bonds is 3. The summed E-state index contributed by atoms with van der Waals surface area (Å²) in [4.78, 5) is 0. The van der Waals surface area contributed by atoms with Gasteiger partial charge in [-0.05, 0) is 29.4 Å². The molecule has 0 saturated carbocycles. The van der Waals surface area contributed by atoms with E-state index < -0.39 is 0 Å². The number of methoxy groups -OCH3 is 1. The van der Waals surface area contributed by atoms with E-state index in [1.165, 1.54) is 16.3 Å². The van der Waals surface area contributed by atoms with Crippen LogP contribution in [0.5, 0.6) is 5.75 Å². The quantitative estimate of drug-likeness (QED) is 0.749. The van der Waals surface area contributed by atoms with Gasteiger partial charge in [0.1, 0.15) is 5.75 Å². The van der Waals surface area contributed by atoms with Gasteiger partial charge < -0.3 is 4.74 Å². The lowest BCUT2D eigenvalue weighted by Gasteiger charge is -2.10. The molecule has 0 amide bonds. The van der Waals surface area contributed by atoms with Crippen molar-refractivity contribution in [1.82, 2.24) is 0 Å². The molecule has 0 N–H and O–H groups in total. The molecule has 0 aliphatic heterocycles. The monoisotopic (exact) mass is 214 g/mol. The molecule has 0 unspecified atom stereocenters. The number of benzene rings is 2. The summed E-state index contributed by atoms with van der Waals surface area (Å²) in [6, 6.07) is 12.8. The summed E-state index contributed by atoms with van der Waals surface area (Å²) < 4.78 is 5.45. The Labute approximate surface area is 97.1 Å². The Hall–Kier alpha value is -1.50. The molecule has 0 fully saturated rings. The van der Waals surface area contributed by atoms with Crippen molar-refractivity contribution in [2.45, 2.75) is 20.3 Å². The van der Waals surface area contributed by atoms with E-state index in [0.29, 0.717) is 5.92 Å². The number of ether oxygens (including phenoxy) is 1. The molecule has 0 aromatic heterocycles.